The van der Waals surface area contributed by atoms with Crippen molar-refractivity contribution in [3.8, 4) is 11.4 Å². The average Bonchev–Trinajstić information content (AvgIpc) is 3.11. The van der Waals surface area contributed by atoms with Gasteiger partial charge in [0.25, 0.3) is 0 Å². The lowest BCUT2D eigenvalue weighted by molar-refractivity contribution is -0.145. The van der Waals surface area contributed by atoms with Gasteiger partial charge in [-0.1, -0.05) is 18.2 Å². The van der Waals surface area contributed by atoms with Crippen LogP contribution in [0.3, 0.4) is 0 Å². The van der Waals surface area contributed by atoms with Crippen molar-refractivity contribution < 1.29 is 14.3 Å². The van der Waals surface area contributed by atoms with E-state index in [0.29, 0.717) is 12.4 Å². The molecule has 0 unspecified atom stereocenters. The van der Waals surface area contributed by atoms with Gasteiger partial charge in [0.1, 0.15) is 5.75 Å². The number of carbonyl (C=O) groups excluding carboxylic acids is 1. The van der Waals surface area contributed by atoms with E-state index in [9.17, 15) is 4.79 Å². The summed E-state index contributed by atoms with van der Waals surface area (Å²) in [5.41, 5.74) is 1.88. The lowest BCUT2D eigenvalue weighted by Crippen LogP contribution is -2.14. The second-order valence-corrected chi connectivity index (χ2v) is 5.22. The molecule has 0 atom stereocenters. The molecule has 6 heteroatoms. The summed E-state index contributed by atoms with van der Waals surface area (Å²) in [5.74, 6) is 0.966. The number of nitrogens with zero attached hydrogens (tertiary/aromatic N) is 2. The van der Waals surface area contributed by atoms with Crippen molar-refractivity contribution in [2.24, 2.45) is 0 Å². The zero-order valence-corrected chi connectivity index (χ0v) is 13.9. The van der Waals surface area contributed by atoms with Crippen molar-refractivity contribution in [2.45, 2.75) is 6.92 Å². The van der Waals surface area contributed by atoms with Crippen LogP contribution in [0.4, 0.5) is 11.5 Å². The van der Waals surface area contributed by atoms with Crippen molar-refractivity contribution >= 4 is 17.5 Å². The SMILES string of the molecule is CCOC(=O)COc1ccc(Nc2ccn(-c3ccccc3)n2)cc1. The van der Waals surface area contributed by atoms with E-state index < -0.39 is 0 Å². The van der Waals surface area contributed by atoms with Crippen LogP contribution in [0, 0.1) is 0 Å². The number of para-hydroxylation sites is 1. The first-order valence-corrected chi connectivity index (χ1v) is 8.01. The third-order valence-electron chi connectivity index (χ3n) is 3.40. The highest BCUT2D eigenvalue weighted by molar-refractivity contribution is 5.71. The number of nitrogens with one attached hydrogen (secondary N) is 1. The van der Waals surface area contributed by atoms with E-state index in [1.807, 2.05) is 54.7 Å². The van der Waals surface area contributed by atoms with E-state index in [4.69, 9.17) is 9.47 Å². The van der Waals surface area contributed by atoms with E-state index >= 15 is 0 Å². The second kappa shape index (κ2) is 8.01. The molecule has 0 bridgehead atoms. The van der Waals surface area contributed by atoms with Crippen molar-refractivity contribution in [1.29, 1.82) is 0 Å². The summed E-state index contributed by atoms with van der Waals surface area (Å²) in [6, 6.07) is 19.1. The van der Waals surface area contributed by atoms with Crippen LogP contribution in [-0.4, -0.2) is 29.0 Å². The van der Waals surface area contributed by atoms with Gasteiger partial charge in [-0.2, -0.15) is 5.10 Å². The van der Waals surface area contributed by atoms with Gasteiger partial charge in [0.2, 0.25) is 0 Å². The Hall–Kier alpha value is -3.28. The second-order valence-electron chi connectivity index (χ2n) is 5.22. The van der Waals surface area contributed by atoms with E-state index in [0.717, 1.165) is 17.2 Å². The zero-order chi connectivity index (χ0) is 17.5. The topological polar surface area (TPSA) is 65.4 Å². The first-order chi connectivity index (χ1) is 12.2. The van der Waals surface area contributed by atoms with Crippen LogP contribution in [0.5, 0.6) is 5.75 Å². The van der Waals surface area contributed by atoms with Crippen LogP contribution in [0.15, 0.2) is 66.9 Å². The minimum absolute atomic E-state index is 0.0951. The lowest BCUT2D eigenvalue weighted by atomic mass is 10.3. The van der Waals surface area contributed by atoms with Crippen LogP contribution < -0.4 is 10.1 Å². The summed E-state index contributed by atoms with van der Waals surface area (Å²) in [6.45, 7) is 2.01. The quantitative estimate of drug-likeness (QED) is 0.668. The fourth-order valence-electron chi connectivity index (χ4n) is 2.24. The smallest absolute Gasteiger partial charge is 0.344 e. The number of rotatable bonds is 7. The molecule has 0 radical (unpaired) electrons. The molecule has 1 aromatic heterocycles. The Labute approximate surface area is 146 Å². The van der Waals surface area contributed by atoms with Gasteiger partial charge < -0.3 is 14.8 Å². The van der Waals surface area contributed by atoms with Crippen LogP contribution >= 0.6 is 0 Å². The van der Waals surface area contributed by atoms with Gasteiger partial charge >= 0.3 is 5.97 Å². The van der Waals surface area contributed by atoms with Crippen LogP contribution in [0.2, 0.25) is 0 Å². The third-order valence-corrected chi connectivity index (χ3v) is 3.40. The summed E-state index contributed by atoms with van der Waals surface area (Å²) in [5, 5.41) is 7.72. The fraction of sp³-hybridized carbons (Fsp3) is 0.158. The molecule has 128 valence electrons. The molecule has 3 rings (SSSR count). The minimum atomic E-state index is -0.379. The lowest BCUT2D eigenvalue weighted by Gasteiger charge is -2.07. The monoisotopic (exact) mass is 337 g/mol. The molecule has 1 N–H and O–H groups in total. The Kier molecular flexibility index (Phi) is 5.31. The van der Waals surface area contributed by atoms with Crippen LogP contribution in [0.25, 0.3) is 5.69 Å². The van der Waals surface area contributed by atoms with E-state index in [1.54, 1.807) is 23.7 Å². The van der Waals surface area contributed by atoms with Crippen molar-refractivity contribution in [2.75, 3.05) is 18.5 Å². The maximum Gasteiger partial charge on any atom is 0.344 e. The Bertz CT molecular complexity index is 813. The van der Waals surface area contributed by atoms with Gasteiger partial charge in [0.05, 0.1) is 12.3 Å². The molecular formula is C19H19N3O3. The van der Waals surface area contributed by atoms with E-state index in [2.05, 4.69) is 10.4 Å². The molecule has 6 nitrogen and oxygen atoms in total. The number of ether oxygens (including phenoxy) is 2. The molecule has 0 aliphatic carbocycles. The number of benzene rings is 2. The number of hydrogen-bond donors (Lipinski definition) is 1. The Morgan fingerprint density at radius 2 is 1.84 bits per heavy atom. The molecule has 0 saturated carbocycles. The van der Waals surface area contributed by atoms with Gasteiger partial charge in [-0.3, -0.25) is 0 Å². The molecule has 25 heavy (non-hydrogen) atoms. The van der Waals surface area contributed by atoms with Crippen molar-refractivity contribution in [1.82, 2.24) is 9.78 Å². The van der Waals surface area contributed by atoms with Gasteiger partial charge in [0, 0.05) is 18.0 Å². The number of esters is 1. The molecule has 2 aromatic carbocycles. The first kappa shape index (κ1) is 16.6. The van der Waals surface area contributed by atoms with E-state index in [-0.39, 0.29) is 12.6 Å². The maximum atomic E-state index is 11.3. The molecular weight excluding hydrogens is 318 g/mol. The average molecular weight is 337 g/mol. The summed E-state index contributed by atoms with van der Waals surface area (Å²) >= 11 is 0. The summed E-state index contributed by atoms with van der Waals surface area (Å²) < 4.78 is 12.0. The fourth-order valence-corrected chi connectivity index (χ4v) is 2.24. The van der Waals surface area contributed by atoms with Gasteiger partial charge in [-0.05, 0) is 43.3 Å². The molecule has 3 aromatic rings. The normalized spacial score (nSPS) is 10.3. The Balaban J connectivity index is 1.58. The van der Waals surface area contributed by atoms with Crippen molar-refractivity contribution in [3.63, 3.8) is 0 Å². The molecule has 1 heterocycles. The number of hydrogen-bond acceptors (Lipinski definition) is 5. The third kappa shape index (κ3) is 4.60. The first-order valence-electron chi connectivity index (χ1n) is 8.01. The minimum Gasteiger partial charge on any atom is -0.482 e. The number of anilines is 2. The highest BCUT2D eigenvalue weighted by atomic mass is 16.6. The summed E-state index contributed by atoms with van der Waals surface area (Å²) in [4.78, 5) is 11.3. The molecule has 0 aliphatic rings. The summed E-state index contributed by atoms with van der Waals surface area (Å²) in [7, 11) is 0. The maximum absolute atomic E-state index is 11.3. The molecule has 0 saturated heterocycles. The van der Waals surface area contributed by atoms with Gasteiger partial charge in [0.15, 0.2) is 12.4 Å². The molecule has 0 spiro atoms. The number of carbonyl (C=O) groups is 1. The number of aromatic nitrogens is 2. The van der Waals surface area contributed by atoms with Crippen molar-refractivity contribution in [3.05, 3.63) is 66.9 Å². The van der Waals surface area contributed by atoms with Crippen LogP contribution in [-0.2, 0) is 9.53 Å². The zero-order valence-electron chi connectivity index (χ0n) is 13.9. The standard InChI is InChI=1S/C19H19N3O3/c1-2-24-19(23)14-25-17-10-8-15(9-11-17)20-18-12-13-22(21-18)16-6-4-3-5-7-16/h3-13H,2,14H2,1H3,(H,20,21). The van der Waals surface area contributed by atoms with Crippen LogP contribution in [0.1, 0.15) is 6.92 Å². The predicted molar refractivity (Wildman–Crippen MR) is 95.4 cm³/mol. The Morgan fingerprint density at radius 3 is 2.56 bits per heavy atom. The Morgan fingerprint density at radius 1 is 1.08 bits per heavy atom. The highest BCUT2D eigenvalue weighted by Gasteiger charge is 2.04. The summed E-state index contributed by atoms with van der Waals surface area (Å²) in [6.07, 6.45) is 1.90. The van der Waals surface area contributed by atoms with Gasteiger partial charge in [-0.25, -0.2) is 9.48 Å². The predicted octanol–water partition coefficient (Wildman–Crippen LogP) is 3.56. The highest BCUT2D eigenvalue weighted by Crippen LogP contribution is 2.19. The van der Waals surface area contributed by atoms with E-state index in [1.165, 1.54) is 0 Å². The molecule has 0 amide bonds. The molecule has 0 fully saturated rings. The van der Waals surface area contributed by atoms with Gasteiger partial charge in [-0.15, -0.1) is 0 Å². The molecule has 0 aliphatic heterocycles. The largest absolute Gasteiger partial charge is 0.482 e.